The van der Waals surface area contributed by atoms with Gasteiger partial charge in [-0.05, 0) is 60.4 Å². The van der Waals surface area contributed by atoms with Gasteiger partial charge >= 0.3 is 6.09 Å². The maximum absolute atomic E-state index is 12.3. The van der Waals surface area contributed by atoms with E-state index in [0.717, 1.165) is 33.0 Å². The number of fused-ring (bicyclic) bond motifs is 1. The molecule has 0 aliphatic heterocycles. The predicted molar refractivity (Wildman–Crippen MR) is 154 cm³/mol. The Bertz CT molecular complexity index is 1390. The molecule has 8 nitrogen and oxygen atoms in total. The molecule has 4 rings (SSSR count). The number of carbonyl (C=O) groups is 1. The molecule has 10 heteroatoms. The van der Waals surface area contributed by atoms with E-state index >= 15 is 0 Å². The molecule has 0 unspecified atom stereocenters. The van der Waals surface area contributed by atoms with Crippen molar-refractivity contribution in [2.45, 2.75) is 58.8 Å². The molecule has 0 aliphatic carbocycles. The summed E-state index contributed by atoms with van der Waals surface area (Å²) in [6.07, 6.45) is 1.15. The number of pyridine rings is 1. The van der Waals surface area contributed by atoms with Gasteiger partial charge in [0.05, 0.1) is 15.8 Å². The molecule has 37 heavy (non-hydrogen) atoms. The molecule has 1 aromatic carbocycles. The quantitative estimate of drug-likeness (QED) is 0.165. The number of halogens is 1. The number of amides is 1. The van der Waals surface area contributed by atoms with Gasteiger partial charge in [-0.25, -0.2) is 9.78 Å². The molecular formula is C27H34BrN5O3Si. The first-order valence-electron chi connectivity index (χ1n) is 12.3. The van der Waals surface area contributed by atoms with Crippen molar-refractivity contribution in [3.05, 3.63) is 53.3 Å². The van der Waals surface area contributed by atoms with Crippen molar-refractivity contribution in [1.82, 2.24) is 19.5 Å². The standard InChI is InChI=1S/C27H34BrN5O3Si/c1-27(2,3)36-26(34)32-25-30-20-12-13-29-23(22(20)31-25)21-16-19(18-10-8-7-9-11-18)24(28)33(21)17-35-14-15-37(4,5)6/h7-13,16H,14-15,17H2,1-6H3,(H2,30,31,32,34). The molecule has 3 heterocycles. The second-order valence-corrected chi connectivity index (χ2v) is 17.5. The monoisotopic (exact) mass is 583 g/mol. The fourth-order valence-corrected chi connectivity index (χ4v) is 5.18. The van der Waals surface area contributed by atoms with E-state index in [9.17, 15) is 4.79 Å². The van der Waals surface area contributed by atoms with E-state index < -0.39 is 19.8 Å². The number of hydrogen-bond donors (Lipinski definition) is 2. The number of nitrogens with one attached hydrogen (secondary N) is 2. The van der Waals surface area contributed by atoms with E-state index in [-0.39, 0.29) is 0 Å². The van der Waals surface area contributed by atoms with E-state index in [2.05, 4.69) is 78.6 Å². The Balaban J connectivity index is 1.72. The Morgan fingerprint density at radius 2 is 1.89 bits per heavy atom. The number of aromatic amines is 1. The molecule has 3 aromatic heterocycles. The van der Waals surface area contributed by atoms with Gasteiger partial charge < -0.3 is 19.0 Å². The molecule has 196 valence electrons. The van der Waals surface area contributed by atoms with Crippen LogP contribution in [0.1, 0.15) is 20.8 Å². The van der Waals surface area contributed by atoms with Crippen LogP contribution in [-0.4, -0.2) is 45.9 Å². The molecule has 0 radical (unpaired) electrons. The number of aromatic nitrogens is 4. The van der Waals surface area contributed by atoms with Crippen LogP contribution in [0.25, 0.3) is 33.5 Å². The molecule has 4 aromatic rings. The maximum Gasteiger partial charge on any atom is 0.414 e. The zero-order chi connectivity index (χ0) is 26.8. The molecule has 2 N–H and O–H groups in total. The van der Waals surface area contributed by atoms with Crippen molar-refractivity contribution in [3.8, 4) is 22.5 Å². The lowest BCUT2D eigenvalue weighted by atomic mass is 10.1. The molecule has 0 spiro atoms. The minimum Gasteiger partial charge on any atom is -0.444 e. The van der Waals surface area contributed by atoms with E-state index in [1.54, 1.807) is 6.20 Å². The Kier molecular flexibility index (Phi) is 7.91. The van der Waals surface area contributed by atoms with Gasteiger partial charge in [-0.2, -0.15) is 0 Å². The fraction of sp³-hybridized carbons (Fsp3) is 0.370. The van der Waals surface area contributed by atoms with Gasteiger partial charge in [0.1, 0.15) is 23.5 Å². The third-order valence-electron chi connectivity index (χ3n) is 5.60. The fourth-order valence-electron chi connectivity index (χ4n) is 3.78. The Labute approximate surface area is 226 Å². The summed E-state index contributed by atoms with van der Waals surface area (Å²) >= 11 is 3.82. The molecular weight excluding hydrogens is 550 g/mol. The molecule has 0 aliphatic rings. The maximum atomic E-state index is 12.3. The number of nitrogens with zero attached hydrogens (tertiary/aromatic N) is 3. The first kappa shape index (κ1) is 27.1. The van der Waals surface area contributed by atoms with Crippen molar-refractivity contribution < 1.29 is 14.3 Å². The summed E-state index contributed by atoms with van der Waals surface area (Å²) in [4.78, 5) is 24.8. The molecule has 0 saturated carbocycles. The average molecular weight is 585 g/mol. The predicted octanol–water partition coefficient (Wildman–Crippen LogP) is 7.52. The van der Waals surface area contributed by atoms with Crippen LogP contribution in [-0.2, 0) is 16.2 Å². The zero-order valence-corrected chi connectivity index (χ0v) is 24.8. The number of hydrogen-bond acceptors (Lipinski definition) is 5. The summed E-state index contributed by atoms with van der Waals surface area (Å²) in [7, 11) is -1.21. The molecule has 0 atom stereocenters. The van der Waals surface area contributed by atoms with Crippen molar-refractivity contribution in [3.63, 3.8) is 0 Å². The summed E-state index contributed by atoms with van der Waals surface area (Å²) < 4.78 is 14.5. The number of ether oxygens (including phenoxy) is 2. The number of anilines is 1. The van der Waals surface area contributed by atoms with E-state index in [1.165, 1.54) is 0 Å². The van der Waals surface area contributed by atoms with Crippen molar-refractivity contribution >= 4 is 47.1 Å². The van der Waals surface area contributed by atoms with Crippen molar-refractivity contribution in [1.29, 1.82) is 0 Å². The van der Waals surface area contributed by atoms with Gasteiger partial charge in [0, 0.05) is 26.4 Å². The second-order valence-electron chi connectivity index (χ2n) is 11.1. The largest absolute Gasteiger partial charge is 0.444 e. The van der Waals surface area contributed by atoms with Gasteiger partial charge in [0.2, 0.25) is 5.95 Å². The zero-order valence-electron chi connectivity index (χ0n) is 22.2. The van der Waals surface area contributed by atoms with Crippen molar-refractivity contribution in [2.75, 3.05) is 11.9 Å². The smallest absolute Gasteiger partial charge is 0.414 e. The van der Waals surface area contributed by atoms with Crippen LogP contribution < -0.4 is 5.32 Å². The lowest BCUT2D eigenvalue weighted by Crippen LogP contribution is -2.27. The summed E-state index contributed by atoms with van der Waals surface area (Å²) in [6, 6.07) is 15.2. The van der Waals surface area contributed by atoms with Crippen LogP contribution in [0.2, 0.25) is 25.7 Å². The minimum atomic E-state index is -1.21. The highest BCUT2D eigenvalue weighted by Crippen LogP contribution is 2.37. The number of carbonyl (C=O) groups excluding carboxylic acids is 1. The topological polar surface area (TPSA) is 94.1 Å². The normalized spacial score (nSPS) is 12.2. The van der Waals surface area contributed by atoms with Gasteiger partial charge in [-0.15, -0.1) is 0 Å². The van der Waals surface area contributed by atoms with Crippen LogP contribution in [0.3, 0.4) is 0 Å². The Morgan fingerprint density at radius 3 is 2.57 bits per heavy atom. The highest BCUT2D eigenvalue weighted by Gasteiger charge is 2.22. The summed E-state index contributed by atoms with van der Waals surface area (Å²) in [6.45, 7) is 13.5. The SMILES string of the molecule is CC(C)(C)OC(=O)Nc1nc2c(-c3cc(-c4ccccc4)c(Br)n3COCC[Si](C)(C)C)nccc2[nH]1. The van der Waals surface area contributed by atoms with E-state index in [0.29, 0.717) is 30.5 Å². The summed E-state index contributed by atoms with van der Waals surface area (Å²) in [5, 5.41) is 2.69. The van der Waals surface area contributed by atoms with Crippen LogP contribution >= 0.6 is 15.9 Å². The third-order valence-corrected chi connectivity index (χ3v) is 8.15. The van der Waals surface area contributed by atoms with Crippen LogP contribution in [0, 0.1) is 0 Å². The average Bonchev–Trinajstić information content (AvgIpc) is 3.35. The number of H-pyrrole nitrogens is 1. The van der Waals surface area contributed by atoms with Crippen LogP contribution in [0.4, 0.5) is 10.7 Å². The van der Waals surface area contributed by atoms with Gasteiger partial charge in [0.15, 0.2) is 0 Å². The van der Waals surface area contributed by atoms with Crippen LogP contribution in [0.5, 0.6) is 0 Å². The van der Waals surface area contributed by atoms with E-state index in [1.807, 2.05) is 45.0 Å². The van der Waals surface area contributed by atoms with E-state index in [4.69, 9.17) is 9.47 Å². The highest BCUT2D eigenvalue weighted by atomic mass is 79.9. The third kappa shape index (κ3) is 6.88. The Hall–Kier alpha value is -2.95. The molecule has 0 fully saturated rings. The Morgan fingerprint density at radius 1 is 1.16 bits per heavy atom. The number of rotatable bonds is 8. The molecule has 0 saturated heterocycles. The molecule has 1 amide bonds. The second kappa shape index (κ2) is 10.8. The summed E-state index contributed by atoms with van der Waals surface area (Å²) in [5.41, 5.74) is 4.44. The first-order valence-corrected chi connectivity index (χ1v) is 16.8. The van der Waals surface area contributed by atoms with Crippen LogP contribution in [0.15, 0.2) is 53.3 Å². The summed E-state index contributed by atoms with van der Waals surface area (Å²) in [5.74, 6) is 0.297. The highest BCUT2D eigenvalue weighted by molar-refractivity contribution is 9.10. The minimum absolute atomic E-state index is 0.297. The van der Waals surface area contributed by atoms with Gasteiger partial charge in [-0.1, -0.05) is 50.0 Å². The lowest BCUT2D eigenvalue weighted by Gasteiger charge is -2.18. The van der Waals surface area contributed by atoms with Gasteiger partial charge in [0.25, 0.3) is 0 Å². The lowest BCUT2D eigenvalue weighted by molar-refractivity contribution is 0.0635. The first-order chi connectivity index (χ1) is 17.4. The number of benzene rings is 1. The van der Waals surface area contributed by atoms with Gasteiger partial charge in [-0.3, -0.25) is 10.3 Å². The molecule has 0 bridgehead atoms. The number of imidazole rings is 1. The van der Waals surface area contributed by atoms with Crippen molar-refractivity contribution in [2.24, 2.45) is 0 Å².